The highest BCUT2D eigenvalue weighted by molar-refractivity contribution is 9.10. The number of aromatic nitrogens is 2. The summed E-state index contributed by atoms with van der Waals surface area (Å²) < 4.78 is 0.923. The zero-order valence-electron chi connectivity index (χ0n) is 10.4. The van der Waals surface area contributed by atoms with Gasteiger partial charge in [-0.15, -0.1) is 11.3 Å². The molecule has 7 heteroatoms. The first-order valence-corrected chi connectivity index (χ1v) is 7.77. The lowest BCUT2D eigenvalue weighted by Crippen LogP contribution is -2.00. The molecule has 0 atom stereocenters. The Labute approximate surface area is 133 Å². The number of nitrogens with two attached hydrogens (primary N) is 1. The second kappa shape index (κ2) is 5.20. The summed E-state index contributed by atoms with van der Waals surface area (Å²) in [7, 11) is 0. The average molecular weight is 370 g/mol. The van der Waals surface area contributed by atoms with E-state index in [1.807, 2.05) is 31.2 Å². The molecule has 0 saturated heterocycles. The summed E-state index contributed by atoms with van der Waals surface area (Å²) in [6.07, 6.45) is 0. The molecule has 3 rings (SSSR count). The van der Waals surface area contributed by atoms with Crippen molar-refractivity contribution < 1.29 is 0 Å². The van der Waals surface area contributed by atoms with Gasteiger partial charge in [-0.25, -0.2) is 4.98 Å². The van der Waals surface area contributed by atoms with Crippen LogP contribution in [0, 0.1) is 6.92 Å². The smallest absolute Gasteiger partial charge is 0.223 e. The van der Waals surface area contributed by atoms with E-state index in [0.717, 1.165) is 25.3 Å². The maximum Gasteiger partial charge on any atom is 0.223 e. The molecule has 0 fully saturated rings. The van der Waals surface area contributed by atoms with Crippen molar-refractivity contribution in [3.05, 3.63) is 38.6 Å². The summed E-state index contributed by atoms with van der Waals surface area (Å²) in [6, 6.07) is 7.66. The average Bonchev–Trinajstić information content (AvgIpc) is 2.73. The monoisotopic (exact) mass is 368 g/mol. The Kier molecular flexibility index (Phi) is 3.54. The first-order chi connectivity index (χ1) is 9.52. The van der Waals surface area contributed by atoms with Crippen LogP contribution in [0.5, 0.6) is 0 Å². The van der Waals surface area contributed by atoms with Gasteiger partial charge in [0.15, 0.2) is 0 Å². The van der Waals surface area contributed by atoms with Crippen LogP contribution in [-0.2, 0) is 0 Å². The molecule has 2 heterocycles. The highest BCUT2D eigenvalue weighted by atomic mass is 79.9. The maximum atomic E-state index is 6.21. The summed E-state index contributed by atoms with van der Waals surface area (Å²) in [5.41, 5.74) is 6.53. The Hall–Kier alpha value is -1.37. The molecule has 0 aliphatic heterocycles. The zero-order chi connectivity index (χ0) is 14.3. The number of nitrogens with one attached hydrogen (secondary N) is 1. The van der Waals surface area contributed by atoms with Crippen molar-refractivity contribution >= 4 is 66.5 Å². The van der Waals surface area contributed by atoms with Gasteiger partial charge < -0.3 is 11.1 Å². The molecule has 0 saturated carbocycles. The molecule has 20 heavy (non-hydrogen) atoms. The van der Waals surface area contributed by atoms with Crippen LogP contribution in [-0.4, -0.2) is 9.97 Å². The second-order valence-corrected chi connectivity index (χ2v) is 6.81. The van der Waals surface area contributed by atoms with E-state index in [-0.39, 0.29) is 5.95 Å². The van der Waals surface area contributed by atoms with Crippen LogP contribution in [0.25, 0.3) is 10.2 Å². The fraction of sp³-hybridized carbons (Fsp3) is 0.0769. The van der Waals surface area contributed by atoms with Crippen LogP contribution < -0.4 is 11.1 Å². The Bertz CT molecular complexity index is 802. The normalized spacial score (nSPS) is 10.9. The van der Waals surface area contributed by atoms with Gasteiger partial charge >= 0.3 is 0 Å². The van der Waals surface area contributed by atoms with Crippen LogP contribution in [0.3, 0.4) is 0 Å². The first kappa shape index (κ1) is 13.6. The van der Waals surface area contributed by atoms with E-state index in [1.165, 1.54) is 0 Å². The molecule has 0 amide bonds. The van der Waals surface area contributed by atoms with Crippen molar-refractivity contribution in [2.75, 3.05) is 11.1 Å². The Balaban J connectivity index is 2.10. The number of rotatable bonds is 2. The molecule has 1 aromatic carbocycles. The molecule has 2 aromatic heterocycles. The van der Waals surface area contributed by atoms with E-state index < -0.39 is 0 Å². The Morgan fingerprint density at radius 2 is 2.10 bits per heavy atom. The van der Waals surface area contributed by atoms with E-state index in [2.05, 4.69) is 31.2 Å². The summed E-state index contributed by atoms with van der Waals surface area (Å²) in [5, 5.41) is 4.77. The van der Waals surface area contributed by atoms with Crippen LogP contribution in [0.15, 0.2) is 28.7 Å². The minimum absolute atomic E-state index is 0.245. The third kappa shape index (κ3) is 2.59. The molecule has 0 spiro atoms. The van der Waals surface area contributed by atoms with Gasteiger partial charge in [-0.3, -0.25) is 0 Å². The fourth-order valence-corrected chi connectivity index (χ4v) is 3.48. The minimum Gasteiger partial charge on any atom is -0.368 e. The number of halogens is 2. The van der Waals surface area contributed by atoms with Crippen LogP contribution in [0.4, 0.5) is 17.5 Å². The van der Waals surface area contributed by atoms with Crippen molar-refractivity contribution in [2.24, 2.45) is 0 Å². The quantitative estimate of drug-likeness (QED) is 0.684. The highest BCUT2D eigenvalue weighted by Crippen LogP contribution is 2.33. The van der Waals surface area contributed by atoms with Gasteiger partial charge in [0.05, 0.1) is 16.1 Å². The number of aryl methyl sites for hydroxylation is 1. The van der Waals surface area contributed by atoms with Gasteiger partial charge in [-0.05, 0) is 31.2 Å². The van der Waals surface area contributed by atoms with Crippen molar-refractivity contribution in [1.82, 2.24) is 9.97 Å². The molecule has 0 unspecified atom stereocenters. The minimum atomic E-state index is 0.245. The number of nitrogens with zero attached hydrogens (tertiary/aromatic N) is 2. The van der Waals surface area contributed by atoms with Gasteiger partial charge in [0.2, 0.25) is 5.95 Å². The number of fused-ring (bicyclic) bond motifs is 1. The third-order valence-corrected chi connectivity index (χ3v) is 4.47. The van der Waals surface area contributed by atoms with Crippen molar-refractivity contribution in [3.8, 4) is 0 Å². The number of benzene rings is 1. The predicted molar refractivity (Wildman–Crippen MR) is 89.0 cm³/mol. The number of thiophene rings is 1. The fourth-order valence-electron chi connectivity index (χ4n) is 1.87. The standard InChI is InChI=1S/C13H10BrClN4S/c1-6-4-8-11(18-13(16)19-12(8)20-6)17-10-3-2-7(14)5-9(10)15/h2-5H,1H3,(H3,16,17,18,19). The van der Waals surface area contributed by atoms with Crippen molar-refractivity contribution in [1.29, 1.82) is 0 Å². The second-order valence-electron chi connectivity index (χ2n) is 4.26. The topological polar surface area (TPSA) is 63.8 Å². The molecule has 0 aliphatic rings. The Morgan fingerprint density at radius 1 is 1.30 bits per heavy atom. The van der Waals surface area contributed by atoms with Crippen LogP contribution in [0.2, 0.25) is 5.02 Å². The molecular weight excluding hydrogens is 360 g/mol. The molecule has 0 radical (unpaired) electrons. The zero-order valence-corrected chi connectivity index (χ0v) is 13.6. The summed E-state index contributed by atoms with van der Waals surface area (Å²) >= 11 is 11.2. The van der Waals surface area contributed by atoms with Crippen molar-refractivity contribution in [2.45, 2.75) is 6.92 Å². The van der Waals surface area contributed by atoms with Gasteiger partial charge in [-0.1, -0.05) is 27.5 Å². The van der Waals surface area contributed by atoms with E-state index in [1.54, 1.807) is 11.3 Å². The van der Waals surface area contributed by atoms with Gasteiger partial charge in [0.1, 0.15) is 10.6 Å². The molecular formula is C13H10BrClN4S. The summed E-state index contributed by atoms with van der Waals surface area (Å²) in [6.45, 7) is 2.03. The van der Waals surface area contributed by atoms with Gasteiger partial charge in [0.25, 0.3) is 0 Å². The number of hydrogen-bond acceptors (Lipinski definition) is 5. The summed E-state index contributed by atoms with van der Waals surface area (Å²) in [5.74, 6) is 0.913. The van der Waals surface area contributed by atoms with E-state index in [4.69, 9.17) is 17.3 Å². The van der Waals surface area contributed by atoms with Crippen LogP contribution in [0.1, 0.15) is 4.88 Å². The van der Waals surface area contributed by atoms with Gasteiger partial charge in [-0.2, -0.15) is 4.98 Å². The molecule has 3 aromatic rings. The molecule has 0 bridgehead atoms. The van der Waals surface area contributed by atoms with E-state index in [0.29, 0.717) is 10.8 Å². The number of nitrogen functional groups attached to an aromatic ring is 1. The molecule has 3 N–H and O–H groups in total. The third-order valence-electron chi connectivity index (χ3n) is 2.72. The van der Waals surface area contributed by atoms with Gasteiger partial charge in [0, 0.05) is 9.35 Å². The lowest BCUT2D eigenvalue weighted by molar-refractivity contribution is 1.24. The maximum absolute atomic E-state index is 6.21. The highest BCUT2D eigenvalue weighted by Gasteiger charge is 2.11. The SMILES string of the molecule is Cc1cc2c(Nc3ccc(Br)cc3Cl)nc(N)nc2s1. The number of hydrogen-bond donors (Lipinski definition) is 2. The van der Waals surface area contributed by atoms with Crippen LogP contribution >= 0.6 is 38.9 Å². The Morgan fingerprint density at radius 3 is 2.85 bits per heavy atom. The molecule has 102 valence electrons. The number of anilines is 3. The van der Waals surface area contributed by atoms with Crippen molar-refractivity contribution in [3.63, 3.8) is 0 Å². The largest absolute Gasteiger partial charge is 0.368 e. The molecule has 4 nitrogen and oxygen atoms in total. The van der Waals surface area contributed by atoms with E-state index in [9.17, 15) is 0 Å². The lowest BCUT2D eigenvalue weighted by atomic mass is 10.3. The first-order valence-electron chi connectivity index (χ1n) is 5.78. The predicted octanol–water partition coefficient (Wildman–Crippen LogP) is 4.74. The summed E-state index contributed by atoms with van der Waals surface area (Å²) in [4.78, 5) is 10.5. The lowest BCUT2D eigenvalue weighted by Gasteiger charge is -2.09. The van der Waals surface area contributed by atoms with E-state index >= 15 is 0 Å². The molecule has 0 aliphatic carbocycles.